The third-order valence-electron chi connectivity index (χ3n) is 4.03. The molecule has 0 aliphatic rings. The highest BCUT2D eigenvalue weighted by Gasteiger charge is 2.11. The Bertz CT molecular complexity index is 1020. The predicted molar refractivity (Wildman–Crippen MR) is 117 cm³/mol. The number of rotatable bonds is 8. The second kappa shape index (κ2) is 10.3. The van der Waals surface area contributed by atoms with E-state index in [1.54, 1.807) is 48.5 Å². The Hall–Kier alpha value is -3.51. The van der Waals surface area contributed by atoms with E-state index < -0.39 is 0 Å². The van der Waals surface area contributed by atoms with Gasteiger partial charge in [-0.2, -0.15) is 0 Å². The van der Waals surface area contributed by atoms with Crippen LogP contribution < -0.4 is 20.1 Å². The Morgan fingerprint density at radius 1 is 0.800 bits per heavy atom. The first kappa shape index (κ1) is 21.2. The lowest BCUT2D eigenvalue weighted by molar-refractivity contribution is -0.118. The summed E-state index contributed by atoms with van der Waals surface area (Å²) < 4.78 is 11.0. The van der Waals surface area contributed by atoms with E-state index in [9.17, 15) is 9.59 Å². The molecule has 0 saturated heterocycles. The Labute approximate surface area is 179 Å². The maximum atomic E-state index is 12.2. The van der Waals surface area contributed by atoms with Gasteiger partial charge in [0, 0.05) is 0 Å². The second-order valence-electron chi connectivity index (χ2n) is 6.47. The number of benzene rings is 3. The molecule has 0 aliphatic carbocycles. The van der Waals surface area contributed by atoms with Crippen molar-refractivity contribution < 1.29 is 19.1 Å². The average molecular weight is 425 g/mol. The maximum absolute atomic E-state index is 12.2. The number of amides is 2. The van der Waals surface area contributed by atoms with Crippen molar-refractivity contribution in [2.75, 3.05) is 23.8 Å². The Morgan fingerprint density at radius 2 is 1.43 bits per heavy atom. The quantitative estimate of drug-likeness (QED) is 0.550. The van der Waals surface area contributed by atoms with E-state index in [-0.39, 0.29) is 25.0 Å². The summed E-state index contributed by atoms with van der Waals surface area (Å²) in [5, 5.41) is 5.88. The van der Waals surface area contributed by atoms with Crippen LogP contribution in [0.25, 0.3) is 0 Å². The van der Waals surface area contributed by atoms with Crippen molar-refractivity contribution in [2.24, 2.45) is 0 Å². The van der Waals surface area contributed by atoms with Gasteiger partial charge < -0.3 is 20.1 Å². The molecule has 0 aliphatic heterocycles. The summed E-state index contributed by atoms with van der Waals surface area (Å²) in [4.78, 5) is 24.4. The minimum absolute atomic E-state index is 0.148. The highest BCUT2D eigenvalue weighted by atomic mass is 35.5. The molecule has 3 rings (SSSR count). The van der Waals surface area contributed by atoms with E-state index in [1.165, 1.54) is 0 Å². The molecule has 0 radical (unpaired) electrons. The zero-order valence-corrected chi connectivity index (χ0v) is 17.1. The van der Waals surface area contributed by atoms with Crippen LogP contribution >= 0.6 is 11.6 Å². The molecule has 2 amide bonds. The summed E-state index contributed by atoms with van der Waals surface area (Å²) in [7, 11) is 0. The third kappa shape index (κ3) is 6.25. The molecular formula is C23H21ClN2O4. The predicted octanol–water partition coefficient (Wildman–Crippen LogP) is 4.68. The standard InChI is InChI=1S/C23H21ClN2O4/c1-16-11-12-19(18(24)13-16)25-23(28)15-30-21-10-6-5-9-20(21)26-22(27)14-29-17-7-3-2-4-8-17/h2-13H,14-15H2,1H3,(H,25,28)(H,26,27). The van der Waals surface area contributed by atoms with Gasteiger partial charge in [0.25, 0.3) is 11.8 Å². The Balaban J connectivity index is 1.54. The fraction of sp³-hybridized carbons (Fsp3) is 0.130. The normalized spacial score (nSPS) is 10.2. The van der Waals surface area contributed by atoms with E-state index in [2.05, 4.69) is 10.6 Å². The molecule has 0 unspecified atom stereocenters. The van der Waals surface area contributed by atoms with Crippen LogP contribution in [0.4, 0.5) is 11.4 Å². The number of carbonyl (C=O) groups excluding carboxylic acids is 2. The van der Waals surface area contributed by atoms with Gasteiger partial charge in [0.1, 0.15) is 11.5 Å². The number of nitrogens with one attached hydrogen (secondary N) is 2. The third-order valence-corrected chi connectivity index (χ3v) is 4.34. The highest BCUT2D eigenvalue weighted by molar-refractivity contribution is 6.33. The molecule has 0 heterocycles. The van der Waals surface area contributed by atoms with E-state index in [1.807, 2.05) is 31.2 Å². The van der Waals surface area contributed by atoms with Crippen molar-refractivity contribution in [1.29, 1.82) is 0 Å². The van der Waals surface area contributed by atoms with Crippen molar-refractivity contribution in [1.82, 2.24) is 0 Å². The van der Waals surface area contributed by atoms with Gasteiger partial charge in [0.05, 0.1) is 16.4 Å². The summed E-state index contributed by atoms with van der Waals surface area (Å²) >= 11 is 6.13. The lowest BCUT2D eigenvalue weighted by Crippen LogP contribution is -2.22. The van der Waals surface area contributed by atoms with Crippen LogP contribution in [0.15, 0.2) is 72.8 Å². The van der Waals surface area contributed by atoms with Gasteiger partial charge in [0.2, 0.25) is 0 Å². The average Bonchev–Trinajstić information content (AvgIpc) is 2.74. The topological polar surface area (TPSA) is 76.7 Å². The van der Waals surface area contributed by atoms with Crippen molar-refractivity contribution >= 4 is 34.8 Å². The molecule has 3 aromatic rings. The largest absolute Gasteiger partial charge is 0.484 e. The molecule has 0 spiro atoms. The number of aryl methyl sites for hydroxylation is 1. The molecule has 0 fully saturated rings. The van der Waals surface area contributed by atoms with Gasteiger partial charge in [-0.05, 0) is 48.9 Å². The van der Waals surface area contributed by atoms with Crippen molar-refractivity contribution in [2.45, 2.75) is 6.92 Å². The van der Waals surface area contributed by atoms with Gasteiger partial charge in [-0.15, -0.1) is 0 Å². The number of halogens is 1. The SMILES string of the molecule is Cc1ccc(NC(=O)COc2ccccc2NC(=O)COc2ccccc2)c(Cl)c1. The molecule has 0 bridgehead atoms. The first-order chi connectivity index (χ1) is 14.5. The second-order valence-corrected chi connectivity index (χ2v) is 6.87. The zero-order valence-electron chi connectivity index (χ0n) is 16.4. The van der Waals surface area contributed by atoms with E-state index in [0.29, 0.717) is 27.9 Å². The van der Waals surface area contributed by atoms with Crippen molar-refractivity contribution in [3.8, 4) is 11.5 Å². The molecule has 7 heteroatoms. The summed E-state index contributed by atoms with van der Waals surface area (Å²) in [5.74, 6) is 0.263. The molecule has 3 aromatic carbocycles. The first-order valence-corrected chi connectivity index (χ1v) is 9.64. The zero-order chi connectivity index (χ0) is 21.3. The minimum Gasteiger partial charge on any atom is -0.484 e. The molecule has 30 heavy (non-hydrogen) atoms. The van der Waals surface area contributed by atoms with Gasteiger partial charge in [0.15, 0.2) is 13.2 Å². The molecule has 0 saturated carbocycles. The number of hydrogen-bond acceptors (Lipinski definition) is 4. The van der Waals surface area contributed by atoms with Crippen LogP contribution in [0.3, 0.4) is 0 Å². The first-order valence-electron chi connectivity index (χ1n) is 9.27. The van der Waals surface area contributed by atoms with E-state index in [0.717, 1.165) is 5.56 Å². The monoisotopic (exact) mass is 424 g/mol. The Kier molecular flexibility index (Phi) is 7.29. The molecular weight excluding hydrogens is 404 g/mol. The van der Waals surface area contributed by atoms with E-state index in [4.69, 9.17) is 21.1 Å². The summed E-state index contributed by atoms with van der Waals surface area (Å²) in [6.07, 6.45) is 0. The lowest BCUT2D eigenvalue weighted by atomic mass is 10.2. The molecule has 2 N–H and O–H groups in total. The number of hydrogen-bond donors (Lipinski definition) is 2. The molecule has 0 atom stereocenters. The fourth-order valence-corrected chi connectivity index (χ4v) is 2.88. The maximum Gasteiger partial charge on any atom is 0.262 e. The molecule has 154 valence electrons. The van der Waals surface area contributed by atoms with Crippen molar-refractivity contribution in [3.05, 3.63) is 83.4 Å². The number of ether oxygens (including phenoxy) is 2. The van der Waals surface area contributed by atoms with Gasteiger partial charge in [-0.3, -0.25) is 9.59 Å². The number of carbonyl (C=O) groups is 2. The highest BCUT2D eigenvalue weighted by Crippen LogP contribution is 2.25. The summed E-state index contributed by atoms with van der Waals surface area (Å²) in [6, 6.07) is 21.3. The minimum atomic E-state index is -0.366. The Morgan fingerprint density at radius 3 is 2.17 bits per heavy atom. The smallest absolute Gasteiger partial charge is 0.262 e. The fourth-order valence-electron chi connectivity index (χ4n) is 2.60. The van der Waals surface area contributed by atoms with Crippen LogP contribution in [-0.4, -0.2) is 25.0 Å². The van der Waals surface area contributed by atoms with Gasteiger partial charge in [-0.1, -0.05) is 48.0 Å². The van der Waals surface area contributed by atoms with Crippen LogP contribution in [0.5, 0.6) is 11.5 Å². The molecule has 6 nitrogen and oxygen atoms in total. The summed E-state index contributed by atoms with van der Waals surface area (Å²) in [5.41, 5.74) is 1.95. The van der Waals surface area contributed by atoms with Crippen LogP contribution in [0.1, 0.15) is 5.56 Å². The number of para-hydroxylation sites is 3. The van der Waals surface area contributed by atoms with E-state index >= 15 is 0 Å². The molecule has 0 aromatic heterocycles. The van der Waals surface area contributed by atoms with Gasteiger partial charge in [-0.25, -0.2) is 0 Å². The number of anilines is 2. The lowest BCUT2D eigenvalue weighted by Gasteiger charge is -2.13. The van der Waals surface area contributed by atoms with Gasteiger partial charge >= 0.3 is 0 Å². The van der Waals surface area contributed by atoms with Crippen LogP contribution in [0, 0.1) is 6.92 Å². The van der Waals surface area contributed by atoms with Crippen molar-refractivity contribution in [3.63, 3.8) is 0 Å². The van der Waals surface area contributed by atoms with Crippen LogP contribution in [-0.2, 0) is 9.59 Å². The van der Waals surface area contributed by atoms with Crippen LogP contribution in [0.2, 0.25) is 5.02 Å². The summed E-state index contributed by atoms with van der Waals surface area (Å²) in [6.45, 7) is 1.53.